The molecular weight excluding hydrogens is 228 g/mol. The van der Waals surface area contributed by atoms with E-state index in [2.05, 4.69) is 40.2 Å². The quantitative estimate of drug-likeness (QED) is 0.639. The summed E-state index contributed by atoms with van der Waals surface area (Å²) in [5.41, 5.74) is 0. The van der Waals surface area contributed by atoms with Crippen molar-refractivity contribution in [2.45, 2.75) is 12.8 Å². The smallest absolute Gasteiger partial charge is 0.114 e. The Morgan fingerprint density at radius 3 is 2.92 bits per heavy atom. The minimum Gasteiger partial charge on any atom is -0.500 e. The fourth-order valence-corrected chi connectivity index (χ4v) is 2.67. The van der Waals surface area contributed by atoms with Crippen LogP contribution in [0.15, 0.2) is 34.5 Å². The maximum absolute atomic E-state index is 5.42. The molecule has 0 spiro atoms. The fraction of sp³-hybridized carbons (Fsp3) is 0.455. The van der Waals surface area contributed by atoms with Crippen molar-refractivity contribution in [3.05, 3.63) is 34.5 Å². The van der Waals surface area contributed by atoms with Gasteiger partial charge in [-0.2, -0.15) is 0 Å². The van der Waals surface area contributed by atoms with Gasteiger partial charge in [0.1, 0.15) is 5.76 Å². The molecule has 2 unspecified atom stereocenters. The summed E-state index contributed by atoms with van der Waals surface area (Å²) in [6.07, 6.45) is 11.2. The van der Waals surface area contributed by atoms with Gasteiger partial charge in [0.15, 0.2) is 0 Å². The second-order valence-corrected chi connectivity index (χ2v) is 4.34. The van der Waals surface area contributed by atoms with E-state index in [0.29, 0.717) is 11.8 Å². The van der Waals surface area contributed by atoms with E-state index < -0.39 is 0 Å². The van der Waals surface area contributed by atoms with E-state index in [1.165, 1.54) is 0 Å². The second kappa shape index (κ2) is 3.70. The first kappa shape index (κ1) is 9.07. The van der Waals surface area contributed by atoms with Crippen molar-refractivity contribution in [2.24, 2.45) is 11.8 Å². The highest BCUT2D eigenvalue weighted by molar-refractivity contribution is 9.11. The van der Waals surface area contributed by atoms with Gasteiger partial charge in [-0.15, -0.1) is 0 Å². The predicted octanol–water partition coefficient (Wildman–Crippen LogP) is 3.39. The minimum absolute atomic E-state index is 0.550. The fourth-order valence-electron chi connectivity index (χ4n) is 2.07. The van der Waals surface area contributed by atoms with Crippen LogP contribution in [-0.2, 0) is 4.74 Å². The molecule has 2 heteroatoms. The van der Waals surface area contributed by atoms with E-state index in [9.17, 15) is 0 Å². The number of methoxy groups -OCH3 is 1. The summed E-state index contributed by atoms with van der Waals surface area (Å²) in [4.78, 5) is 0. The van der Waals surface area contributed by atoms with Gasteiger partial charge < -0.3 is 4.74 Å². The van der Waals surface area contributed by atoms with Crippen LogP contribution in [0.5, 0.6) is 0 Å². The van der Waals surface area contributed by atoms with Crippen molar-refractivity contribution in [2.75, 3.05) is 7.11 Å². The maximum atomic E-state index is 5.42. The van der Waals surface area contributed by atoms with E-state index in [1.54, 1.807) is 7.11 Å². The van der Waals surface area contributed by atoms with Gasteiger partial charge in [-0.3, -0.25) is 0 Å². The van der Waals surface area contributed by atoms with Crippen LogP contribution in [0, 0.1) is 11.8 Å². The molecule has 0 aromatic rings. The number of hydrogen-bond donors (Lipinski definition) is 0. The van der Waals surface area contributed by atoms with Gasteiger partial charge in [-0.1, -0.05) is 18.2 Å². The van der Waals surface area contributed by atoms with Crippen molar-refractivity contribution < 1.29 is 4.74 Å². The zero-order valence-electron chi connectivity index (χ0n) is 7.66. The van der Waals surface area contributed by atoms with Crippen LogP contribution >= 0.6 is 15.9 Å². The molecule has 0 N–H and O–H groups in total. The molecule has 2 atom stereocenters. The Kier molecular flexibility index (Phi) is 2.58. The molecule has 0 bridgehead atoms. The molecule has 0 radical (unpaired) electrons. The van der Waals surface area contributed by atoms with Crippen LogP contribution in [-0.4, -0.2) is 7.11 Å². The minimum atomic E-state index is 0.550. The van der Waals surface area contributed by atoms with Gasteiger partial charge in [0.2, 0.25) is 0 Å². The Morgan fingerprint density at radius 1 is 1.38 bits per heavy atom. The maximum Gasteiger partial charge on any atom is 0.114 e. The lowest BCUT2D eigenvalue weighted by atomic mass is 9.79. The number of hydrogen-bond acceptors (Lipinski definition) is 1. The molecule has 70 valence electrons. The van der Waals surface area contributed by atoms with Crippen LogP contribution in [0.3, 0.4) is 0 Å². The molecular formula is C11H13BrO. The Bertz CT molecular complexity index is 288. The third kappa shape index (κ3) is 1.60. The zero-order chi connectivity index (χ0) is 9.26. The number of allylic oxidation sites excluding steroid dienone is 6. The summed E-state index contributed by atoms with van der Waals surface area (Å²) < 4.78 is 6.52. The van der Waals surface area contributed by atoms with Crippen molar-refractivity contribution in [1.82, 2.24) is 0 Å². The summed E-state index contributed by atoms with van der Waals surface area (Å²) in [7, 11) is 1.76. The monoisotopic (exact) mass is 240 g/mol. The number of rotatable bonds is 1. The molecule has 2 aliphatic rings. The van der Waals surface area contributed by atoms with E-state index >= 15 is 0 Å². The number of fused-ring (bicyclic) bond motifs is 1. The Hall–Kier alpha value is -0.500. The van der Waals surface area contributed by atoms with Crippen molar-refractivity contribution >= 4 is 15.9 Å². The topological polar surface area (TPSA) is 9.23 Å². The molecule has 0 aromatic heterocycles. The van der Waals surface area contributed by atoms with E-state index in [-0.39, 0.29) is 0 Å². The molecule has 0 aliphatic heterocycles. The SMILES string of the molecule is COC1=C(Br)C=CC2CC=CCC12. The summed E-state index contributed by atoms with van der Waals surface area (Å²) in [5, 5.41) is 0. The average Bonchev–Trinajstić information content (AvgIpc) is 2.18. The standard InChI is InChI=1S/C11H13BrO/c1-13-11-9-5-3-2-4-8(9)6-7-10(11)12/h2-3,6-9H,4-5H2,1H3. The predicted molar refractivity (Wildman–Crippen MR) is 57.5 cm³/mol. The molecule has 2 rings (SSSR count). The first-order chi connectivity index (χ1) is 6.33. The first-order valence-corrected chi connectivity index (χ1v) is 5.39. The first-order valence-electron chi connectivity index (χ1n) is 4.60. The highest BCUT2D eigenvalue weighted by Gasteiger charge is 2.28. The van der Waals surface area contributed by atoms with Gasteiger partial charge in [-0.05, 0) is 40.8 Å². The van der Waals surface area contributed by atoms with Gasteiger partial charge in [-0.25, -0.2) is 0 Å². The Labute approximate surface area is 87.3 Å². The lowest BCUT2D eigenvalue weighted by Gasteiger charge is -2.30. The van der Waals surface area contributed by atoms with E-state index in [0.717, 1.165) is 23.1 Å². The van der Waals surface area contributed by atoms with Gasteiger partial charge >= 0.3 is 0 Å². The second-order valence-electron chi connectivity index (χ2n) is 3.49. The Morgan fingerprint density at radius 2 is 2.15 bits per heavy atom. The molecule has 0 saturated carbocycles. The molecule has 0 fully saturated rings. The molecule has 0 amide bonds. The number of ether oxygens (including phenoxy) is 1. The molecule has 13 heavy (non-hydrogen) atoms. The van der Waals surface area contributed by atoms with Crippen LogP contribution in [0.25, 0.3) is 0 Å². The van der Waals surface area contributed by atoms with Crippen LogP contribution < -0.4 is 0 Å². The van der Waals surface area contributed by atoms with Crippen LogP contribution in [0.4, 0.5) is 0 Å². The highest BCUT2D eigenvalue weighted by atomic mass is 79.9. The normalized spacial score (nSPS) is 31.8. The van der Waals surface area contributed by atoms with Crippen LogP contribution in [0.1, 0.15) is 12.8 Å². The summed E-state index contributed by atoms with van der Waals surface area (Å²) in [6.45, 7) is 0. The Balaban J connectivity index is 2.30. The van der Waals surface area contributed by atoms with Crippen LogP contribution in [0.2, 0.25) is 0 Å². The summed E-state index contributed by atoms with van der Waals surface area (Å²) in [5.74, 6) is 2.30. The van der Waals surface area contributed by atoms with Gasteiger partial charge in [0, 0.05) is 5.92 Å². The lowest BCUT2D eigenvalue weighted by Crippen LogP contribution is -2.21. The molecule has 2 aliphatic carbocycles. The van der Waals surface area contributed by atoms with Crippen molar-refractivity contribution in [3.8, 4) is 0 Å². The van der Waals surface area contributed by atoms with Gasteiger partial charge in [0.05, 0.1) is 11.6 Å². The molecule has 0 heterocycles. The zero-order valence-corrected chi connectivity index (χ0v) is 9.25. The summed E-state index contributed by atoms with van der Waals surface area (Å²) >= 11 is 3.52. The molecule has 1 nitrogen and oxygen atoms in total. The average molecular weight is 241 g/mol. The van der Waals surface area contributed by atoms with Gasteiger partial charge in [0.25, 0.3) is 0 Å². The third-order valence-corrected chi connectivity index (χ3v) is 3.42. The number of halogens is 1. The molecule has 0 saturated heterocycles. The van der Waals surface area contributed by atoms with E-state index in [1.807, 2.05) is 0 Å². The largest absolute Gasteiger partial charge is 0.500 e. The molecule has 0 aromatic carbocycles. The van der Waals surface area contributed by atoms with Crippen molar-refractivity contribution in [3.63, 3.8) is 0 Å². The highest BCUT2D eigenvalue weighted by Crippen LogP contribution is 2.39. The van der Waals surface area contributed by atoms with Crippen molar-refractivity contribution in [1.29, 1.82) is 0 Å². The summed E-state index contributed by atoms with van der Waals surface area (Å²) in [6, 6.07) is 0. The third-order valence-electron chi connectivity index (χ3n) is 2.76. The van der Waals surface area contributed by atoms with E-state index in [4.69, 9.17) is 4.74 Å². The lowest BCUT2D eigenvalue weighted by molar-refractivity contribution is 0.211.